The first kappa shape index (κ1) is 33.3. The third kappa shape index (κ3) is 8.73. The molecule has 0 fully saturated rings. The number of hydrogen-bond acceptors (Lipinski definition) is 7. The maximum atomic E-state index is 13.6. The molecule has 1 aliphatic heterocycles. The Morgan fingerprint density at radius 3 is 2.57 bits per heavy atom. The van der Waals surface area contributed by atoms with E-state index in [9.17, 15) is 33.5 Å². The molecule has 44 heavy (non-hydrogen) atoms. The number of ketones is 1. The molecule has 3 amide bonds. The van der Waals surface area contributed by atoms with Crippen molar-refractivity contribution in [1.82, 2.24) is 25.2 Å². The number of carbonyl (C=O) groups is 4. The molecule has 0 spiro atoms. The van der Waals surface area contributed by atoms with Crippen LogP contribution in [0.1, 0.15) is 48.5 Å². The van der Waals surface area contributed by atoms with Gasteiger partial charge in [-0.3, -0.25) is 23.7 Å². The van der Waals surface area contributed by atoms with E-state index in [0.29, 0.717) is 29.8 Å². The summed E-state index contributed by atoms with van der Waals surface area (Å²) in [6.45, 7) is 1.44. The van der Waals surface area contributed by atoms with Crippen molar-refractivity contribution < 1.29 is 33.5 Å². The lowest BCUT2D eigenvalue weighted by Gasteiger charge is -2.32. The topological polar surface area (TPSA) is 184 Å². The number of benzene rings is 2. The van der Waals surface area contributed by atoms with Gasteiger partial charge in [0.25, 0.3) is 0 Å². The fraction of sp³-hybridized carbons (Fsp3) is 0.357. The Morgan fingerprint density at radius 1 is 1.11 bits per heavy atom. The summed E-state index contributed by atoms with van der Waals surface area (Å²) >= 11 is 12.1. The van der Waals surface area contributed by atoms with E-state index >= 15 is 0 Å². The maximum absolute atomic E-state index is 13.6. The second-order valence-corrected chi connectivity index (χ2v) is 12.9. The summed E-state index contributed by atoms with van der Waals surface area (Å²) in [6, 6.07) is 10.3. The third-order valence-corrected chi connectivity index (χ3v) is 8.27. The van der Waals surface area contributed by atoms with Crippen LogP contribution in [0.4, 0.5) is 5.69 Å². The molecular weight excluding hydrogens is 634 g/mol. The van der Waals surface area contributed by atoms with E-state index in [1.54, 1.807) is 43.3 Å². The van der Waals surface area contributed by atoms with Gasteiger partial charge >= 0.3 is 7.60 Å². The molecule has 2 aromatic carbocycles. The smallest absolute Gasteiger partial charge is 0.334 e. The lowest BCUT2D eigenvalue weighted by molar-refractivity contribution is -0.139. The minimum atomic E-state index is -4.82. The third-order valence-electron chi connectivity index (χ3n) is 7.18. The molecular formula is C28H31Cl2N6O7P. The molecule has 0 radical (unpaired) electrons. The predicted octanol–water partition coefficient (Wildman–Crippen LogP) is 3.60. The molecule has 0 aliphatic carbocycles. The fourth-order valence-electron chi connectivity index (χ4n) is 4.90. The van der Waals surface area contributed by atoms with Crippen molar-refractivity contribution in [3.63, 3.8) is 0 Å². The van der Waals surface area contributed by atoms with Crippen molar-refractivity contribution in [2.75, 3.05) is 18.0 Å². The van der Waals surface area contributed by atoms with Crippen LogP contribution in [-0.2, 0) is 25.5 Å². The summed E-state index contributed by atoms with van der Waals surface area (Å²) in [7, 11) is -4.82. The molecule has 4 rings (SSSR count). The molecule has 4 N–H and O–H groups in total. The number of aromatic nitrogens is 3. The molecule has 0 saturated heterocycles. The average molecular weight is 665 g/mol. The summed E-state index contributed by atoms with van der Waals surface area (Å²) in [5, 5.41) is 13.6. The summed E-state index contributed by atoms with van der Waals surface area (Å²) < 4.78 is 13.1. The van der Waals surface area contributed by atoms with Gasteiger partial charge in [0.05, 0.1) is 11.9 Å². The number of amides is 3. The Labute approximate surface area is 263 Å². The highest BCUT2D eigenvalue weighted by molar-refractivity contribution is 7.52. The van der Waals surface area contributed by atoms with Gasteiger partial charge in [-0.15, -0.1) is 5.10 Å². The van der Waals surface area contributed by atoms with Gasteiger partial charge < -0.3 is 25.3 Å². The Kier molecular flexibility index (Phi) is 10.9. The van der Waals surface area contributed by atoms with Crippen LogP contribution in [-0.4, -0.2) is 71.9 Å². The second kappa shape index (κ2) is 14.4. The molecule has 3 aromatic rings. The zero-order valence-corrected chi connectivity index (χ0v) is 26.1. The summed E-state index contributed by atoms with van der Waals surface area (Å²) in [5.41, 5.74) is 1.63. The molecule has 0 unspecified atom stereocenters. The first-order valence-electron chi connectivity index (χ1n) is 13.7. The highest BCUT2D eigenvalue weighted by Gasteiger charge is 2.34. The second-order valence-electron chi connectivity index (χ2n) is 10.4. The van der Waals surface area contributed by atoms with Crippen molar-refractivity contribution >= 4 is 60.0 Å². The number of nitrogens with zero attached hydrogens (tertiary/aromatic N) is 4. The fourth-order valence-corrected chi connectivity index (χ4v) is 5.73. The lowest BCUT2D eigenvalue weighted by atomic mass is 9.98. The first-order valence-corrected chi connectivity index (χ1v) is 16.3. The van der Waals surface area contributed by atoms with Gasteiger partial charge in [0, 0.05) is 41.7 Å². The molecule has 0 bridgehead atoms. The minimum Gasteiger partial charge on any atom is -0.350 e. The Hall–Kier alpha value is -3.61. The summed E-state index contributed by atoms with van der Waals surface area (Å²) in [4.78, 5) is 73.4. The molecule has 1 aliphatic rings. The minimum absolute atomic E-state index is 0.0198. The standard InChI is InChI=1S/C28H31Cl2N6O7P/c1-17-5-4-8-23(28(40)31-14-18-6-2-3-7-21(18)32-27(17)39)35(26(38)16-44(41,42)43)12-11-24(37)20-13-19(29)9-10-22(20)36-15-25(30)33-34-36/h2-3,6-7,9-10,13,15,17,23H,4-5,8,11-12,14,16H2,1H3,(H,31,40)(H,32,39)(H2,41,42,43)/t17-,23+/m1/s1. The number of Topliss-reactive ketones (excluding diaryl/α,β-unsaturated/α-hetero) is 1. The van der Waals surface area contributed by atoms with E-state index in [1.165, 1.54) is 16.9 Å². The molecule has 2 atom stereocenters. The Morgan fingerprint density at radius 2 is 1.86 bits per heavy atom. The number of halogens is 2. The van der Waals surface area contributed by atoms with Crippen LogP contribution >= 0.6 is 30.8 Å². The van der Waals surface area contributed by atoms with Crippen LogP contribution in [0.15, 0.2) is 48.7 Å². The van der Waals surface area contributed by atoms with Crippen molar-refractivity contribution in [3.05, 3.63) is 70.0 Å². The van der Waals surface area contributed by atoms with E-state index in [1.807, 2.05) is 0 Å². The number of para-hydroxylation sites is 1. The molecule has 2 heterocycles. The molecule has 13 nitrogen and oxygen atoms in total. The quantitative estimate of drug-likeness (QED) is 0.206. The highest BCUT2D eigenvalue weighted by atomic mass is 35.5. The number of carbonyl (C=O) groups excluding carboxylic acids is 4. The van der Waals surface area contributed by atoms with Crippen molar-refractivity contribution in [2.45, 2.75) is 45.2 Å². The van der Waals surface area contributed by atoms with Crippen LogP contribution in [0.3, 0.4) is 0 Å². The number of nitrogens with one attached hydrogen (secondary N) is 2. The Balaban J connectivity index is 1.63. The van der Waals surface area contributed by atoms with E-state index in [2.05, 4.69) is 20.9 Å². The number of anilines is 1. The van der Waals surface area contributed by atoms with E-state index in [4.69, 9.17) is 23.2 Å². The van der Waals surface area contributed by atoms with E-state index in [-0.39, 0.29) is 47.6 Å². The van der Waals surface area contributed by atoms with Gasteiger partial charge in [-0.25, -0.2) is 4.68 Å². The van der Waals surface area contributed by atoms with Gasteiger partial charge in [-0.2, -0.15) is 0 Å². The molecule has 0 saturated carbocycles. The van der Waals surface area contributed by atoms with E-state index < -0.39 is 43.3 Å². The first-order chi connectivity index (χ1) is 20.8. The lowest BCUT2D eigenvalue weighted by Crippen LogP contribution is -2.51. The van der Waals surface area contributed by atoms with Gasteiger partial charge in [-0.05, 0) is 42.7 Å². The van der Waals surface area contributed by atoms with Crippen LogP contribution in [0.25, 0.3) is 5.69 Å². The van der Waals surface area contributed by atoms with Crippen LogP contribution < -0.4 is 10.6 Å². The highest BCUT2D eigenvalue weighted by Crippen LogP contribution is 2.35. The van der Waals surface area contributed by atoms with Crippen molar-refractivity contribution in [1.29, 1.82) is 0 Å². The monoisotopic (exact) mass is 664 g/mol. The van der Waals surface area contributed by atoms with Crippen LogP contribution in [0.5, 0.6) is 0 Å². The summed E-state index contributed by atoms with van der Waals surface area (Å²) in [6.07, 6.45) is 0.746. The molecule has 1 aromatic heterocycles. The van der Waals surface area contributed by atoms with Gasteiger partial charge in [0.1, 0.15) is 12.2 Å². The zero-order valence-electron chi connectivity index (χ0n) is 23.7. The number of hydrogen-bond donors (Lipinski definition) is 4. The number of fused-ring (bicyclic) bond motifs is 1. The van der Waals surface area contributed by atoms with Gasteiger partial charge in [0.15, 0.2) is 10.9 Å². The summed E-state index contributed by atoms with van der Waals surface area (Å²) in [5.74, 6) is -2.65. The van der Waals surface area contributed by atoms with E-state index in [0.717, 1.165) is 4.90 Å². The predicted molar refractivity (Wildman–Crippen MR) is 163 cm³/mol. The zero-order chi connectivity index (χ0) is 32.0. The largest absolute Gasteiger partial charge is 0.350 e. The van der Waals surface area contributed by atoms with Crippen molar-refractivity contribution in [2.24, 2.45) is 5.92 Å². The van der Waals surface area contributed by atoms with Crippen molar-refractivity contribution in [3.8, 4) is 5.69 Å². The van der Waals surface area contributed by atoms with Crippen LogP contribution in [0, 0.1) is 5.92 Å². The maximum Gasteiger partial charge on any atom is 0.334 e. The molecule has 16 heteroatoms. The molecule has 234 valence electrons. The van der Waals surface area contributed by atoms with Gasteiger partial charge in [0.2, 0.25) is 17.7 Å². The van der Waals surface area contributed by atoms with Crippen LogP contribution in [0.2, 0.25) is 10.2 Å². The normalized spacial score (nSPS) is 17.8. The SMILES string of the molecule is C[C@@H]1CCC[C@H](N(CCC(=O)c2cc(Cl)ccc2-n2cc(Cl)nn2)C(=O)CP(=O)(O)O)C(=O)NCc2ccccc2NC1=O. The average Bonchev–Trinajstić information content (AvgIpc) is 3.39. The van der Waals surface area contributed by atoms with Gasteiger partial charge in [-0.1, -0.05) is 60.0 Å². The Bertz CT molecular complexity index is 1610. The number of rotatable bonds is 8.